The number of carbonyl (C=O) groups is 3. The molecule has 3 aromatic heterocycles. The number of hydrogen-bond donors (Lipinski definition) is 2. The molecule has 5 heterocycles. The van der Waals surface area contributed by atoms with Crippen LogP contribution >= 0.6 is 69.1 Å². The molecule has 0 unspecified atom stereocenters. The molecule has 2 N–H and O–H groups in total. The highest BCUT2D eigenvalue weighted by Gasteiger charge is 2.32. The van der Waals surface area contributed by atoms with Gasteiger partial charge in [0.15, 0.2) is 5.78 Å². The molecule has 2 amide bonds. The van der Waals surface area contributed by atoms with E-state index in [1.807, 2.05) is 17.0 Å². The van der Waals surface area contributed by atoms with Gasteiger partial charge in [-0.15, -0.1) is 22.7 Å². The van der Waals surface area contributed by atoms with E-state index in [0.29, 0.717) is 94.8 Å². The molecule has 3 aromatic carbocycles. The molecule has 0 saturated carbocycles. The third-order valence-corrected chi connectivity index (χ3v) is 18.7. The van der Waals surface area contributed by atoms with Crippen molar-refractivity contribution >= 4 is 118 Å². The Kier molecular flexibility index (Phi) is 16.7. The fourth-order valence-electron chi connectivity index (χ4n) is 7.13. The Morgan fingerprint density at radius 2 is 0.925 bits per heavy atom. The fourth-order valence-corrected chi connectivity index (χ4v) is 13.7. The molecule has 2 saturated heterocycles. The van der Waals surface area contributed by atoms with Gasteiger partial charge in [-0.05, 0) is 104 Å². The minimum absolute atomic E-state index is 0.0160. The van der Waals surface area contributed by atoms with E-state index in [1.165, 1.54) is 27.9 Å². The summed E-state index contributed by atoms with van der Waals surface area (Å²) in [7, 11) is -7.25. The maximum Gasteiger partial charge on any atom is 0.252 e. The molecule has 2 aliphatic rings. The van der Waals surface area contributed by atoms with Crippen molar-refractivity contribution in [2.24, 2.45) is 0 Å². The van der Waals surface area contributed by atoms with Crippen molar-refractivity contribution in [1.29, 1.82) is 0 Å². The number of pyridine rings is 1. The Labute approximate surface area is 417 Å². The first kappa shape index (κ1) is 50.3. The number of rotatable bonds is 13. The summed E-state index contributed by atoms with van der Waals surface area (Å²) in [5, 5.41) is 7.57. The fraction of sp³-hybridized carbons (Fsp3) is 0.244. The molecule has 6 aromatic rings. The first-order valence-corrected chi connectivity index (χ1v) is 26.7. The van der Waals surface area contributed by atoms with E-state index in [0.717, 1.165) is 38.1 Å². The summed E-state index contributed by atoms with van der Waals surface area (Å²) < 4.78 is 56.0. The number of piperazine rings is 2. The standard InChI is InChI=1S/C24H24ClN3O4S2.C21H19Cl3N4O3S2/c1-17(29)18-4-8-21(9-5-18)27-12-14-28(15-13-27)34(31,32)23-11-10-22(33-23)16-26-24(30)19-2-6-20(25)7-3-19;22-15-3-1-14(2-4-15)21(29)26-11-16-5-6-19(32-16)33(30,31)28-9-7-27(8-10-28)20-17(23)12-25-13-18(20)24/h2-11H,12-16H2,1H3,(H,26,30);1-6,12-13H,7-11H2,(H,26,29). The number of ketones is 1. The van der Waals surface area contributed by atoms with Crippen molar-refractivity contribution < 1.29 is 31.2 Å². The first-order valence-electron chi connectivity index (χ1n) is 20.6. The smallest absolute Gasteiger partial charge is 0.252 e. The number of Topliss-reactive ketones (excluding diaryl/α,β-unsaturated/α-hetero) is 1. The van der Waals surface area contributed by atoms with Gasteiger partial charge in [0.05, 0.1) is 28.8 Å². The van der Waals surface area contributed by atoms with Crippen molar-refractivity contribution in [2.45, 2.75) is 28.4 Å². The summed E-state index contributed by atoms with van der Waals surface area (Å²) in [5.74, 6) is -0.488. The number of anilines is 2. The van der Waals surface area contributed by atoms with E-state index in [9.17, 15) is 31.2 Å². The molecule has 0 bridgehead atoms. The molecule has 2 aliphatic heterocycles. The van der Waals surface area contributed by atoms with Crippen LogP contribution in [0.1, 0.15) is 47.8 Å². The van der Waals surface area contributed by atoms with Gasteiger partial charge in [-0.3, -0.25) is 19.4 Å². The summed E-state index contributed by atoms with van der Waals surface area (Å²) in [6, 6.07) is 27.1. The SMILES string of the molecule is CC(=O)c1ccc(N2CCN(S(=O)(=O)c3ccc(CNC(=O)c4ccc(Cl)cc4)s3)CC2)cc1.O=C(NCc1ccc(S(=O)(=O)N2CCN(c3c(Cl)cncc3Cl)CC2)s1)c1ccc(Cl)cc1. The Hall–Kier alpha value is -4.60. The van der Waals surface area contributed by atoms with Crippen molar-refractivity contribution in [2.75, 3.05) is 62.2 Å². The lowest BCUT2D eigenvalue weighted by atomic mass is 10.1. The summed E-state index contributed by atoms with van der Waals surface area (Å²) in [5.41, 5.74) is 3.26. The van der Waals surface area contributed by atoms with E-state index in [2.05, 4.69) is 20.5 Å². The number of benzene rings is 3. The lowest BCUT2D eigenvalue weighted by Crippen LogP contribution is -2.48. The lowest BCUT2D eigenvalue weighted by molar-refractivity contribution is 0.0943. The van der Waals surface area contributed by atoms with Crippen LogP contribution in [0.5, 0.6) is 0 Å². The van der Waals surface area contributed by atoms with Gasteiger partial charge < -0.3 is 20.4 Å². The van der Waals surface area contributed by atoms with Crippen LogP contribution in [0.2, 0.25) is 20.1 Å². The quantitative estimate of drug-likeness (QED) is 0.107. The van der Waals surface area contributed by atoms with Crippen molar-refractivity contribution in [3.63, 3.8) is 0 Å². The number of thiophene rings is 2. The zero-order valence-electron chi connectivity index (χ0n) is 35.7. The highest BCUT2D eigenvalue weighted by molar-refractivity contribution is 7.91. The van der Waals surface area contributed by atoms with E-state index in [4.69, 9.17) is 46.4 Å². The second-order valence-electron chi connectivity index (χ2n) is 15.2. The van der Waals surface area contributed by atoms with E-state index < -0.39 is 20.0 Å². The third-order valence-electron chi connectivity index (χ3n) is 10.8. The predicted molar refractivity (Wildman–Crippen MR) is 267 cm³/mol. The molecular formula is C45H43Cl4N7O7S4. The third kappa shape index (κ3) is 12.5. The Morgan fingerprint density at radius 3 is 1.33 bits per heavy atom. The number of sulfonamides is 2. The summed E-state index contributed by atoms with van der Waals surface area (Å²) >= 11 is 26.5. The van der Waals surface area contributed by atoms with Gasteiger partial charge in [0.25, 0.3) is 31.9 Å². The molecular weight excluding hydrogens is 1020 g/mol. The normalized spacial score (nSPS) is 14.8. The van der Waals surface area contributed by atoms with E-state index in [1.54, 1.807) is 84.9 Å². The second-order valence-corrected chi connectivity index (χ2v) is 23.5. The number of aromatic nitrogens is 1. The number of carbonyl (C=O) groups excluding carboxylic acids is 3. The maximum atomic E-state index is 13.1. The Bertz CT molecular complexity index is 2920. The Balaban J connectivity index is 0.000000199. The molecule has 2 fully saturated rings. The lowest BCUT2D eigenvalue weighted by Gasteiger charge is -2.35. The van der Waals surface area contributed by atoms with Crippen LogP contribution in [0.15, 0.2) is 118 Å². The highest BCUT2D eigenvalue weighted by atomic mass is 35.5. The van der Waals surface area contributed by atoms with E-state index >= 15 is 0 Å². The minimum Gasteiger partial charge on any atom is -0.369 e. The van der Waals surface area contributed by atoms with Crippen LogP contribution in [-0.2, 0) is 33.1 Å². The molecule has 0 aliphatic carbocycles. The van der Waals surface area contributed by atoms with Crippen LogP contribution in [-0.4, -0.2) is 100 Å². The van der Waals surface area contributed by atoms with Crippen LogP contribution in [0, 0.1) is 0 Å². The van der Waals surface area contributed by atoms with Gasteiger partial charge >= 0.3 is 0 Å². The van der Waals surface area contributed by atoms with Gasteiger partial charge in [-0.1, -0.05) is 46.4 Å². The summed E-state index contributed by atoms with van der Waals surface area (Å²) in [6.07, 6.45) is 3.04. The van der Waals surface area contributed by atoms with Crippen LogP contribution in [0.25, 0.3) is 0 Å². The molecule has 14 nitrogen and oxygen atoms in total. The number of hydrogen-bond acceptors (Lipinski definition) is 12. The van der Waals surface area contributed by atoms with Gasteiger partial charge in [-0.2, -0.15) is 8.61 Å². The second kappa shape index (κ2) is 22.2. The molecule has 0 spiro atoms. The van der Waals surface area contributed by atoms with Crippen molar-refractivity contribution in [3.05, 3.63) is 156 Å². The largest absolute Gasteiger partial charge is 0.369 e. The average molecular weight is 1060 g/mol. The topological polar surface area (TPSA) is 169 Å². The molecule has 0 radical (unpaired) electrons. The summed E-state index contributed by atoms with van der Waals surface area (Å²) in [6.45, 7) is 5.39. The van der Waals surface area contributed by atoms with E-state index in [-0.39, 0.29) is 39.1 Å². The molecule has 22 heteroatoms. The minimum atomic E-state index is -3.64. The maximum absolute atomic E-state index is 13.1. The average Bonchev–Trinajstić information content (AvgIpc) is 4.03. The van der Waals surface area contributed by atoms with Gasteiger partial charge in [0, 0.05) is 107 Å². The Morgan fingerprint density at radius 1 is 0.537 bits per heavy atom. The zero-order chi connectivity index (χ0) is 47.9. The van der Waals surface area contributed by atoms with Gasteiger partial charge in [0.2, 0.25) is 0 Å². The zero-order valence-corrected chi connectivity index (χ0v) is 42.0. The van der Waals surface area contributed by atoms with Crippen LogP contribution in [0.4, 0.5) is 11.4 Å². The summed E-state index contributed by atoms with van der Waals surface area (Å²) in [4.78, 5) is 45.5. The number of nitrogens with zero attached hydrogens (tertiary/aromatic N) is 5. The van der Waals surface area contributed by atoms with Crippen molar-refractivity contribution in [3.8, 4) is 0 Å². The van der Waals surface area contributed by atoms with Crippen molar-refractivity contribution in [1.82, 2.24) is 24.2 Å². The number of nitrogens with one attached hydrogen (secondary N) is 2. The monoisotopic (exact) mass is 1060 g/mol. The molecule has 352 valence electrons. The number of amides is 2. The molecule has 8 rings (SSSR count). The van der Waals surface area contributed by atoms with Crippen LogP contribution in [0.3, 0.4) is 0 Å². The highest BCUT2D eigenvalue weighted by Crippen LogP contribution is 2.34. The van der Waals surface area contributed by atoms with Gasteiger partial charge in [0.1, 0.15) is 8.42 Å². The first-order chi connectivity index (χ1) is 32.0. The number of halogens is 4. The predicted octanol–water partition coefficient (Wildman–Crippen LogP) is 8.59. The molecule has 0 atom stereocenters. The molecule has 67 heavy (non-hydrogen) atoms. The van der Waals surface area contributed by atoms with Gasteiger partial charge in [-0.25, -0.2) is 16.8 Å². The van der Waals surface area contributed by atoms with Crippen LogP contribution < -0.4 is 20.4 Å².